The van der Waals surface area contributed by atoms with E-state index in [0.717, 1.165) is 57.8 Å². The first-order valence-corrected chi connectivity index (χ1v) is 18.4. The molecular formula is C33H64NO8P. The van der Waals surface area contributed by atoms with Crippen molar-refractivity contribution in [2.45, 2.75) is 142 Å². The molecule has 43 heavy (non-hydrogen) atoms. The van der Waals surface area contributed by atoms with Crippen molar-refractivity contribution in [1.82, 2.24) is 0 Å². The van der Waals surface area contributed by atoms with Crippen molar-refractivity contribution in [3.8, 4) is 0 Å². The minimum absolute atomic E-state index is 0.0303. The van der Waals surface area contributed by atoms with Crippen LogP contribution in [0.1, 0.15) is 136 Å². The highest BCUT2D eigenvalue weighted by molar-refractivity contribution is 7.45. The van der Waals surface area contributed by atoms with E-state index in [1.54, 1.807) is 0 Å². The molecule has 0 saturated carbocycles. The van der Waals surface area contributed by atoms with Gasteiger partial charge in [0.1, 0.15) is 19.8 Å². The predicted octanol–water partition coefficient (Wildman–Crippen LogP) is 7.66. The van der Waals surface area contributed by atoms with Gasteiger partial charge in [-0.1, -0.05) is 96.6 Å². The first-order valence-electron chi connectivity index (χ1n) is 16.9. The first-order chi connectivity index (χ1) is 20.5. The van der Waals surface area contributed by atoms with E-state index in [0.29, 0.717) is 17.4 Å². The van der Waals surface area contributed by atoms with Gasteiger partial charge >= 0.3 is 11.9 Å². The van der Waals surface area contributed by atoms with Crippen LogP contribution in [-0.4, -0.2) is 70.0 Å². The third-order valence-corrected chi connectivity index (χ3v) is 8.00. The molecule has 0 amide bonds. The summed E-state index contributed by atoms with van der Waals surface area (Å²) in [6, 6.07) is 0. The number of quaternary nitrogens is 1. The molecule has 0 aliphatic rings. The average molecular weight is 634 g/mol. The third-order valence-electron chi connectivity index (χ3n) is 7.04. The Kier molecular flexibility index (Phi) is 26.3. The lowest BCUT2D eigenvalue weighted by Gasteiger charge is -2.28. The van der Waals surface area contributed by atoms with Gasteiger partial charge in [-0.25, -0.2) is 0 Å². The lowest BCUT2D eigenvalue weighted by Crippen LogP contribution is -2.37. The van der Waals surface area contributed by atoms with Crippen molar-refractivity contribution in [2.24, 2.45) is 0 Å². The summed E-state index contributed by atoms with van der Waals surface area (Å²) in [6.07, 6.45) is 22.6. The Morgan fingerprint density at radius 3 is 1.77 bits per heavy atom. The van der Waals surface area contributed by atoms with Crippen molar-refractivity contribution in [3.63, 3.8) is 0 Å². The Morgan fingerprint density at radius 1 is 0.698 bits per heavy atom. The molecule has 0 heterocycles. The normalized spacial score (nSPS) is 14.1. The lowest BCUT2D eigenvalue weighted by atomic mass is 10.1. The summed E-state index contributed by atoms with van der Waals surface area (Å²) in [6.45, 7) is 4.11. The summed E-state index contributed by atoms with van der Waals surface area (Å²) in [5, 5.41) is 0. The highest BCUT2D eigenvalue weighted by Crippen LogP contribution is 2.38. The molecule has 9 nitrogen and oxygen atoms in total. The van der Waals surface area contributed by atoms with Crippen LogP contribution in [-0.2, 0) is 32.7 Å². The molecule has 1 unspecified atom stereocenters. The number of carbonyl (C=O) groups excluding carboxylic acids is 2. The van der Waals surface area contributed by atoms with Crippen LogP contribution < -0.4 is 4.89 Å². The number of ether oxygens (including phenoxy) is 2. The quantitative estimate of drug-likeness (QED) is 0.0261. The van der Waals surface area contributed by atoms with Gasteiger partial charge < -0.3 is 27.9 Å². The molecule has 0 fully saturated rings. The minimum atomic E-state index is -4.60. The van der Waals surface area contributed by atoms with Gasteiger partial charge in [0.25, 0.3) is 7.82 Å². The van der Waals surface area contributed by atoms with Gasteiger partial charge in [-0.15, -0.1) is 0 Å². The van der Waals surface area contributed by atoms with Crippen LogP contribution in [0.2, 0.25) is 0 Å². The van der Waals surface area contributed by atoms with E-state index in [1.165, 1.54) is 44.9 Å². The Balaban J connectivity index is 4.50. The lowest BCUT2D eigenvalue weighted by molar-refractivity contribution is -0.870. The van der Waals surface area contributed by atoms with E-state index in [1.807, 2.05) is 21.1 Å². The molecule has 0 radical (unpaired) electrons. The minimum Gasteiger partial charge on any atom is -0.756 e. The van der Waals surface area contributed by atoms with E-state index in [-0.39, 0.29) is 26.1 Å². The SMILES string of the molecule is CCCCC/C=C/CCCCCCCC(=O)O[C@H](COC(=O)CCCCCCCCC)COP(=O)([O-])OCC[N+](C)(C)C. The van der Waals surface area contributed by atoms with Gasteiger partial charge in [0.15, 0.2) is 6.10 Å². The van der Waals surface area contributed by atoms with Gasteiger partial charge in [0.2, 0.25) is 0 Å². The van der Waals surface area contributed by atoms with Gasteiger partial charge in [0, 0.05) is 12.8 Å². The Bertz CT molecular complexity index is 768. The molecule has 0 saturated heterocycles. The van der Waals surface area contributed by atoms with Gasteiger partial charge in [-0.05, 0) is 38.5 Å². The number of allylic oxidation sites excluding steroid dienone is 2. The van der Waals surface area contributed by atoms with Crippen LogP contribution in [0.25, 0.3) is 0 Å². The van der Waals surface area contributed by atoms with Crippen LogP contribution in [0, 0.1) is 0 Å². The average Bonchev–Trinajstić information content (AvgIpc) is 2.93. The van der Waals surface area contributed by atoms with Crippen LogP contribution >= 0.6 is 7.82 Å². The van der Waals surface area contributed by atoms with E-state index in [9.17, 15) is 19.0 Å². The molecule has 0 aromatic heterocycles. The second-order valence-corrected chi connectivity index (χ2v) is 13.9. The number of hydrogen-bond donors (Lipinski definition) is 0. The van der Waals surface area contributed by atoms with E-state index < -0.39 is 32.5 Å². The van der Waals surface area contributed by atoms with Crippen molar-refractivity contribution in [3.05, 3.63) is 12.2 Å². The van der Waals surface area contributed by atoms with Crippen LogP contribution in [0.4, 0.5) is 0 Å². The van der Waals surface area contributed by atoms with Gasteiger partial charge in [0.05, 0.1) is 27.7 Å². The maximum absolute atomic E-state index is 12.5. The second kappa shape index (κ2) is 27.1. The molecule has 0 rings (SSSR count). The largest absolute Gasteiger partial charge is 0.756 e. The Hall–Kier alpha value is -1.25. The topological polar surface area (TPSA) is 111 Å². The third kappa shape index (κ3) is 30.6. The molecule has 10 heteroatoms. The number of rotatable bonds is 30. The standard InChI is InChI=1S/C33H64NO8P/c1-6-8-10-12-14-15-16-17-18-20-22-24-26-33(36)42-31(30-41-43(37,38)40-28-27-34(3,4)5)29-39-32(35)25-23-21-19-13-11-9-7-2/h14-15,31H,6-13,16-30H2,1-5H3/b15-14+/t31-/m1/s1. The highest BCUT2D eigenvalue weighted by Gasteiger charge is 2.21. The fourth-order valence-corrected chi connectivity index (χ4v) is 5.02. The smallest absolute Gasteiger partial charge is 0.306 e. The number of unbranched alkanes of at least 4 members (excludes halogenated alkanes) is 14. The van der Waals surface area contributed by atoms with E-state index in [2.05, 4.69) is 26.0 Å². The summed E-state index contributed by atoms with van der Waals surface area (Å²) in [5.74, 6) is -0.853. The zero-order valence-corrected chi connectivity index (χ0v) is 29.1. The molecule has 0 aromatic carbocycles. The van der Waals surface area contributed by atoms with E-state index in [4.69, 9.17) is 18.5 Å². The molecule has 0 bridgehead atoms. The number of esters is 2. The molecule has 254 valence electrons. The Morgan fingerprint density at radius 2 is 1.19 bits per heavy atom. The van der Waals surface area contributed by atoms with Crippen molar-refractivity contribution < 1.29 is 42.1 Å². The summed E-state index contributed by atoms with van der Waals surface area (Å²) in [5.41, 5.74) is 0. The number of phosphoric ester groups is 1. The maximum atomic E-state index is 12.5. The van der Waals surface area contributed by atoms with Crippen molar-refractivity contribution in [1.29, 1.82) is 0 Å². The van der Waals surface area contributed by atoms with Gasteiger partial charge in [-0.3, -0.25) is 14.2 Å². The molecule has 0 aliphatic carbocycles. The van der Waals surface area contributed by atoms with Crippen molar-refractivity contribution >= 4 is 19.8 Å². The maximum Gasteiger partial charge on any atom is 0.306 e. The number of carbonyl (C=O) groups is 2. The number of hydrogen-bond acceptors (Lipinski definition) is 8. The van der Waals surface area contributed by atoms with E-state index >= 15 is 0 Å². The fraction of sp³-hybridized carbons (Fsp3) is 0.879. The summed E-state index contributed by atoms with van der Waals surface area (Å²) < 4.78 is 33.5. The molecule has 0 N–H and O–H groups in total. The molecule has 0 aliphatic heterocycles. The van der Waals surface area contributed by atoms with Crippen molar-refractivity contribution in [2.75, 3.05) is 47.5 Å². The van der Waals surface area contributed by atoms with Gasteiger partial charge in [-0.2, -0.15) is 0 Å². The summed E-state index contributed by atoms with van der Waals surface area (Å²) in [4.78, 5) is 37.0. The first kappa shape index (κ1) is 41.8. The second-order valence-electron chi connectivity index (χ2n) is 12.5. The number of nitrogens with zero attached hydrogens (tertiary/aromatic N) is 1. The molecule has 0 aromatic rings. The summed E-state index contributed by atoms with van der Waals surface area (Å²) >= 11 is 0. The molecule has 2 atom stereocenters. The molecule has 0 spiro atoms. The Labute approximate surface area is 263 Å². The predicted molar refractivity (Wildman–Crippen MR) is 171 cm³/mol. The number of phosphoric acid groups is 1. The fourth-order valence-electron chi connectivity index (χ4n) is 4.29. The zero-order chi connectivity index (χ0) is 32.2. The number of likely N-dealkylation sites (N-methyl/N-ethyl adjacent to an activating group) is 1. The monoisotopic (exact) mass is 633 g/mol. The van der Waals surface area contributed by atoms with Crippen LogP contribution in [0.3, 0.4) is 0 Å². The van der Waals surface area contributed by atoms with Crippen LogP contribution in [0.5, 0.6) is 0 Å². The highest BCUT2D eigenvalue weighted by atomic mass is 31.2. The summed E-state index contributed by atoms with van der Waals surface area (Å²) in [7, 11) is 1.16. The van der Waals surface area contributed by atoms with Crippen LogP contribution in [0.15, 0.2) is 12.2 Å². The zero-order valence-electron chi connectivity index (χ0n) is 28.2. The molecular weight excluding hydrogens is 569 g/mol.